The summed E-state index contributed by atoms with van der Waals surface area (Å²) < 4.78 is 0. The maximum Gasteiger partial charge on any atom is 0.000851 e. The van der Waals surface area contributed by atoms with Crippen molar-refractivity contribution in [2.75, 3.05) is 13.1 Å². The molecular weight excluding hydrogens is 206 g/mol. The van der Waals surface area contributed by atoms with Gasteiger partial charge in [0.2, 0.25) is 0 Å². The Morgan fingerprint density at radius 3 is 2.53 bits per heavy atom. The number of rotatable bonds is 1. The molecule has 2 aliphatic rings. The van der Waals surface area contributed by atoms with Gasteiger partial charge in [0.25, 0.3) is 0 Å². The van der Waals surface area contributed by atoms with Gasteiger partial charge in [0.1, 0.15) is 0 Å². The van der Waals surface area contributed by atoms with Crippen LogP contribution in [0, 0.1) is 5.41 Å². The fourth-order valence-electron chi connectivity index (χ4n) is 3.40. The summed E-state index contributed by atoms with van der Waals surface area (Å²) in [4.78, 5) is 0. The molecule has 1 N–H and O–H groups in total. The van der Waals surface area contributed by atoms with E-state index in [4.69, 9.17) is 0 Å². The molecule has 94 valence electrons. The van der Waals surface area contributed by atoms with Gasteiger partial charge in [-0.05, 0) is 49.1 Å². The molecule has 1 nitrogen and oxygen atoms in total. The molecule has 3 rings (SSSR count). The first-order valence-electron chi connectivity index (χ1n) is 7.14. The molecule has 0 bridgehead atoms. The second-order valence-electron chi connectivity index (χ2n) is 5.28. The summed E-state index contributed by atoms with van der Waals surface area (Å²) in [5.41, 5.74) is 2.21. The Bertz CT molecular complexity index is 325. The van der Waals surface area contributed by atoms with Crippen molar-refractivity contribution in [2.45, 2.75) is 45.4 Å². The normalized spacial score (nSPS) is 31.3. The van der Waals surface area contributed by atoms with Crippen molar-refractivity contribution in [3.05, 3.63) is 35.9 Å². The van der Waals surface area contributed by atoms with Crippen molar-refractivity contribution in [1.82, 2.24) is 5.32 Å². The standard InChI is InChI=1S/C14H19N.C2H6/c1-2-4-12(5-3-1)13-6-7-14(10-13)8-9-15-11-14;1-2/h1-5,13,15H,6-11H2;1-2H3. The smallest absolute Gasteiger partial charge is 0.000851 e. The summed E-state index contributed by atoms with van der Waals surface area (Å²) in [5.74, 6) is 0.825. The van der Waals surface area contributed by atoms with E-state index in [0.29, 0.717) is 5.41 Å². The van der Waals surface area contributed by atoms with Crippen LogP contribution in [0.5, 0.6) is 0 Å². The third-order valence-electron chi connectivity index (χ3n) is 4.31. The highest BCUT2D eigenvalue weighted by molar-refractivity contribution is 5.21. The van der Waals surface area contributed by atoms with E-state index < -0.39 is 0 Å². The predicted octanol–water partition coefficient (Wildman–Crippen LogP) is 3.96. The van der Waals surface area contributed by atoms with Gasteiger partial charge in [-0.15, -0.1) is 0 Å². The monoisotopic (exact) mass is 231 g/mol. The lowest BCUT2D eigenvalue weighted by Gasteiger charge is -2.21. The maximum atomic E-state index is 3.53. The molecule has 1 aromatic carbocycles. The highest BCUT2D eigenvalue weighted by atomic mass is 14.9. The Hall–Kier alpha value is -0.820. The highest BCUT2D eigenvalue weighted by Crippen LogP contribution is 2.49. The van der Waals surface area contributed by atoms with Crippen LogP contribution in [0.15, 0.2) is 30.3 Å². The molecule has 1 aromatic rings. The van der Waals surface area contributed by atoms with Crippen molar-refractivity contribution >= 4 is 0 Å². The molecule has 17 heavy (non-hydrogen) atoms. The zero-order valence-corrected chi connectivity index (χ0v) is 11.2. The van der Waals surface area contributed by atoms with E-state index >= 15 is 0 Å². The van der Waals surface area contributed by atoms with Crippen LogP contribution in [0.25, 0.3) is 0 Å². The Labute approximate surface area is 106 Å². The van der Waals surface area contributed by atoms with Crippen molar-refractivity contribution in [3.63, 3.8) is 0 Å². The summed E-state index contributed by atoms with van der Waals surface area (Å²) in [6, 6.07) is 11.1. The average Bonchev–Trinajstić information content (AvgIpc) is 3.04. The summed E-state index contributed by atoms with van der Waals surface area (Å²) in [7, 11) is 0. The third kappa shape index (κ3) is 2.71. The van der Waals surface area contributed by atoms with Crippen molar-refractivity contribution in [1.29, 1.82) is 0 Å². The van der Waals surface area contributed by atoms with Crippen LogP contribution in [0.1, 0.15) is 51.0 Å². The van der Waals surface area contributed by atoms with Crippen LogP contribution in [-0.2, 0) is 0 Å². The number of hydrogen-bond donors (Lipinski definition) is 1. The number of benzene rings is 1. The van der Waals surface area contributed by atoms with Crippen LogP contribution < -0.4 is 5.32 Å². The fraction of sp³-hybridized carbons (Fsp3) is 0.625. The topological polar surface area (TPSA) is 12.0 Å². The lowest BCUT2D eigenvalue weighted by atomic mass is 9.83. The van der Waals surface area contributed by atoms with E-state index in [1.807, 2.05) is 13.8 Å². The SMILES string of the molecule is CC.c1ccc(C2CCC3(CCNC3)C2)cc1. The van der Waals surface area contributed by atoms with Crippen LogP contribution in [0.3, 0.4) is 0 Å². The minimum absolute atomic E-state index is 0.653. The van der Waals surface area contributed by atoms with Gasteiger partial charge in [0.15, 0.2) is 0 Å². The second-order valence-corrected chi connectivity index (χ2v) is 5.28. The van der Waals surface area contributed by atoms with Crippen molar-refractivity contribution in [2.24, 2.45) is 5.41 Å². The maximum absolute atomic E-state index is 3.53. The summed E-state index contributed by atoms with van der Waals surface area (Å²) in [6.07, 6.45) is 5.63. The molecule has 1 saturated carbocycles. The zero-order chi connectivity index (χ0) is 12.1. The average molecular weight is 231 g/mol. The number of hydrogen-bond acceptors (Lipinski definition) is 1. The minimum Gasteiger partial charge on any atom is -0.316 e. The Kier molecular flexibility index (Phi) is 4.22. The second kappa shape index (κ2) is 5.68. The van der Waals surface area contributed by atoms with E-state index in [-0.39, 0.29) is 0 Å². The zero-order valence-electron chi connectivity index (χ0n) is 11.2. The lowest BCUT2D eigenvalue weighted by molar-refractivity contribution is 0.331. The molecule has 0 aromatic heterocycles. The third-order valence-corrected chi connectivity index (χ3v) is 4.31. The molecule has 1 heteroatoms. The molecule has 1 saturated heterocycles. The van der Waals surface area contributed by atoms with Gasteiger partial charge in [0.05, 0.1) is 0 Å². The van der Waals surface area contributed by atoms with Crippen molar-refractivity contribution in [3.8, 4) is 0 Å². The van der Waals surface area contributed by atoms with Crippen LogP contribution in [-0.4, -0.2) is 13.1 Å². The summed E-state index contributed by atoms with van der Waals surface area (Å²) in [6.45, 7) is 6.50. The van der Waals surface area contributed by atoms with E-state index in [1.165, 1.54) is 38.8 Å². The Morgan fingerprint density at radius 2 is 1.88 bits per heavy atom. The molecule has 2 atom stereocenters. The largest absolute Gasteiger partial charge is 0.316 e. The summed E-state index contributed by atoms with van der Waals surface area (Å²) in [5, 5.41) is 3.53. The van der Waals surface area contributed by atoms with Gasteiger partial charge in [-0.1, -0.05) is 44.2 Å². The molecule has 1 heterocycles. The van der Waals surface area contributed by atoms with Gasteiger partial charge >= 0.3 is 0 Å². The van der Waals surface area contributed by atoms with E-state index in [2.05, 4.69) is 35.6 Å². The van der Waals surface area contributed by atoms with E-state index in [9.17, 15) is 0 Å². The molecule has 1 aliphatic heterocycles. The predicted molar refractivity (Wildman–Crippen MR) is 74.3 cm³/mol. The Balaban J connectivity index is 0.000000514. The lowest BCUT2D eigenvalue weighted by Crippen LogP contribution is -2.20. The van der Waals surface area contributed by atoms with Gasteiger partial charge in [-0.2, -0.15) is 0 Å². The Morgan fingerprint density at radius 1 is 1.12 bits per heavy atom. The van der Waals surface area contributed by atoms with Gasteiger partial charge in [0, 0.05) is 6.54 Å². The first-order valence-corrected chi connectivity index (χ1v) is 7.14. The fourth-order valence-corrected chi connectivity index (χ4v) is 3.40. The van der Waals surface area contributed by atoms with Gasteiger partial charge < -0.3 is 5.32 Å². The number of nitrogens with one attached hydrogen (secondary N) is 1. The van der Waals surface area contributed by atoms with Gasteiger partial charge in [-0.25, -0.2) is 0 Å². The van der Waals surface area contributed by atoms with Gasteiger partial charge in [-0.3, -0.25) is 0 Å². The molecule has 0 amide bonds. The van der Waals surface area contributed by atoms with Crippen molar-refractivity contribution < 1.29 is 0 Å². The quantitative estimate of drug-likeness (QED) is 0.771. The van der Waals surface area contributed by atoms with Crippen LogP contribution >= 0.6 is 0 Å². The molecule has 2 unspecified atom stereocenters. The molecular formula is C16H25N. The molecule has 2 fully saturated rings. The molecule has 1 aliphatic carbocycles. The summed E-state index contributed by atoms with van der Waals surface area (Å²) >= 11 is 0. The van der Waals surface area contributed by atoms with Crippen LogP contribution in [0.2, 0.25) is 0 Å². The first-order chi connectivity index (χ1) is 8.38. The highest BCUT2D eigenvalue weighted by Gasteiger charge is 2.41. The van der Waals surface area contributed by atoms with Crippen LogP contribution in [0.4, 0.5) is 0 Å². The van der Waals surface area contributed by atoms with E-state index in [1.54, 1.807) is 5.56 Å². The minimum atomic E-state index is 0.653. The molecule has 0 radical (unpaired) electrons. The first kappa shape index (κ1) is 12.6. The van der Waals surface area contributed by atoms with E-state index in [0.717, 1.165) is 5.92 Å². The molecule has 1 spiro atoms.